The van der Waals surface area contributed by atoms with Crippen LogP contribution in [0, 0.1) is 17.6 Å². The number of rotatable bonds is 3. The van der Waals surface area contributed by atoms with Crippen LogP contribution >= 0.6 is 0 Å². The molecule has 0 N–H and O–H groups in total. The summed E-state index contributed by atoms with van der Waals surface area (Å²) in [6.45, 7) is 0.211. The smallest absolute Gasteiger partial charge is 0.309 e. The third-order valence-corrected chi connectivity index (χ3v) is 5.31. The average Bonchev–Trinajstić information content (AvgIpc) is 2.49. The summed E-state index contributed by atoms with van der Waals surface area (Å²) < 4.78 is 56.6. The van der Waals surface area contributed by atoms with Crippen molar-refractivity contribution in [1.29, 1.82) is 0 Å². The van der Waals surface area contributed by atoms with Gasteiger partial charge in [0.2, 0.25) is 10.0 Å². The highest BCUT2D eigenvalue weighted by Crippen LogP contribution is 2.25. The number of hydrogen-bond acceptors (Lipinski definition) is 4. The van der Waals surface area contributed by atoms with E-state index in [0.29, 0.717) is 18.9 Å². The number of hydrogen-bond donors (Lipinski definition) is 0. The van der Waals surface area contributed by atoms with Gasteiger partial charge in [-0.2, -0.15) is 4.31 Å². The SMILES string of the molecule is COC(=O)[C@H]1CCCN(S(=O)(=O)c2ccc(F)c(F)c2)C1. The number of benzene rings is 1. The van der Waals surface area contributed by atoms with Crippen molar-refractivity contribution in [2.24, 2.45) is 5.92 Å². The zero-order chi connectivity index (χ0) is 15.6. The summed E-state index contributed by atoms with van der Waals surface area (Å²) in [5, 5.41) is 0. The first-order chi connectivity index (χ1) is 9.86. The van der Waals surface area contributed by atoms with Crippen molar-refractivity contribution in [3.05, 3.63) is 29.8 Å². The Bertz CT molecular complexity index is 648. The first kappa shape index (κ1) is 15.8. The number of nitrogens with zero attached hydrogens (tertiary/aromatic N) is 1. The molecule has 1 fully saturated rings. The lowest BCUT2D eigenvalue weighted by Crippen LogP contribution is -2.42. The molecule has 0 radical (unpaired) electrons. The van der Waals surface area contributed by atoms with E-state index in [1.54, 1.807) is 0 Å². The fourth-order valence-corrected chi connectivity index (χ4v) is 3.84. The molecule has 0 spiro atoms. The number of esters is 1. The fraction of sp³-hybridized carbons (Fsp3) is 0.462. The van der Waals surface area contributed by atoms with Gasteiger partial charge in [-0.3, -0.25) is 4.79 Å². The molecule has 0 aliphatic carbocycles. The molecule has 21 heavy (non-hydrogen) atoms. The molecule has 0 aromatic heterocycles. The third-order valence-electron chi connectivity index (χ3n) is 3.45. The first-order valence-corrected chi connectivity index (χ1v) is 7.83. The van der Waals surface area contributed by atoms with E-state index in [2.05, 4.69) is 4.74 Å². The maximum atomic E-state index is 13.2. The van der Waals surface area contributed by atoms with E-state index >= 15 is 0 Å². The Labute approximate surface area is 121 Å². The number of halogens is 2. The van der Waals surface area contributed by atoms with Crippen LogP contribution < -0.4 is 0 Å². The second-order valence-electron chi connectivity index (χ2n) is 4.80. The van der Waals surface area contributed by atoms with Crippen LogP contribution in [0.3, 0.4) is 0 Å². The highest BCUT2D eigenvalue weighted by molar-refractivity contribution is 7.89. The van der Waals surface area contributed by atoms with E-state index in [1.807, 2.05) is 0 Å². The second-order valence-corrected chi connectivity index (χ2v) is 6.74. The Morgan fingerprint density at radius 2 is 2.05 bits per heavy atom. The molecule has 0 amide bonds. The minimum absolute atomic E-state index is 0.0198. The van der Waals surface area contributed by atoms with Gasteiger partial charge in [0, 0.05) is 13.1 Å². The van der Waals surface area contributed by atoms with Crippen LogP contribution in [0.2, 0.25) is 0 Å². The molecule has 2 rings (SSSR count). The zero-order valence-corrected chi connectivity index (χ0v) is 12.2. The van der Waals surface area contributed by atoms with Crippen LogP contribution in [-0.4, -0.2) is 38.9 Å². The molecule has 1 aliphatic rings. The number of sulfonamides is 1. The highest BCUT2D eigenvalue weighted by atomic mass is 32.2. The third kappa shape index (κ3) is 3.21. The zero-order valence-electron chi connectivity index (χ0n) is 11.4. The van der Waals surface area contributed by atoms with Gasteiger partial charge >= 0.3 is 5.97 Å². The predicted molar refractivity (Wildman–Crippen MR) is 69.9 cm³/mol. The van der Waals surface area contributed by atoms with Gasteiger partial charge in [0.05, 0.1) is 17.9 Å². The van der Waals surface area contributed by atoms with Gasteiger partial charge in [0.1, 0.15) is 0 Å². The monoisotopic (exact) mass is 319 g/mol. The van der Waals surface area contributed by atoms with Gasteiger partial charge in [-0.1, -0.05) is 0 Å². The summed E-state index contributed by atoms with van der Waals surface area (Å²) in [5.74, 6) is -3.35. The minimum Gasteiger partial charge on any atom is -0.469 e. The Balaban J connectivity index is 2.26. The van der Waals surface area contributed by atoms with Crippen molar-refractivity contribution < 1.29 is 26.7 Å². The van der Waals surface area contributed by atoms with Gasteiger partial charge < -0.3 is 4.74 Å². The topological polar surface area (TPSA) is 63.7 Å². The summed E-state index contributed by atoms with van der Waals surface area (Å²) in [5.41, 5.74) is 0. The van der Waals surface area contributed by atoms with Gasteiger partial charge in [-0.05, 0) is 31.0 Å². The van der Waals surface area contributed by atoms with Crippen molar-refractivity contribution in [1.82, 2.24) is 4.31 Å². The van der Waals surface area contributed by atoms with Crippen molar-refractivity contribution in [2.45, 2.75) is 17.7 Å². The van der Waals surface area contributed by atoms with Crippen LogP contribution in [0.25, 0.3) is 0 Å². The van der Waals surface area contributed by atoms with E-state index in [1.165, 1.54) is 7.11 Å². The molecule has 1 atom stereocenters. The summed E-state index contributed by atoms with van der Waals surface area (Å²) in [6, 6.07) is 2.42. The van der Waals surface area contributed by atoms with Gasteiger partial charge in [0.15, 0.2) is 11.6 Å². The highest BCUT2D eigenvalue weighted by Gasteiger charge is 2.34. The van der Waals surface area contributed by atoms with E-state index in [9.17, 15) is 22.0 Å². The van der Waals surface area contributed by atoms with E-state index < -0.39 is 33.5 Å². The molecule has 1 aromatic carbocycles. The van der Waals surface area contributed by atoms with Crippen LogP contribution in [0.1, 0.15) is 12.8 Å². The lowest BCUT2D eigenvalue weighted by atomic mass is 10.0. The number of ether oxygens (including phenoxy) is 1. The predicted octanol–water partition coefficient (Wildman–Crippen LogP) is 1.54. The minimum atomic E-state index is -3.96. The van der Waals surface area contributed by atoms with Gasteiger partial charge in [-0.15, -0.1) is 0 Å². The number of carbonyl (C=O) groups excluding carboxylic acids is 1. The summed E-state index contributed by atoms with van der Waals surface area (Å²) >= 11 is 0. The largest absolute Gasteiger partial charge is 0.469 e. The van der Waals surface area contributed by atoms with E-state index in [-0.39, 0.29) is 18.0 Å². The van der Waals surface area contributed by atoms with Crippen LogP contribution in [0.15, 0.2) is 23.1 Å². The molecule has 8 heteroatoms. The summed E-state index contributed by atoms with van der Waals surface area (Å²) in [6.07, 6.45) is 1.04. The molecular weight excluding hydrogens is 304 g/mol. The Kier molecular flexibility index (Phi) is 4.58. The number of methoxy groups -OCH3 is 1. The Hall–Kier alpha value is -1.54. The normalized spacial score (nSPS) is 20.2. The fourth-order valence-electron chi connectivity index (χ4n) is 2.31. The van der Waals surface area contributed by atoms with Crippen LogP contribution in [-0.2, 0) is 19.6 Å². The lowest BCUT2D eigenvalue weighted by molar-refractivity contribution is -0.146. The van der Waals surface area contributed by atoms with Crippen molar-refractivity contribution >= 4 is 16.0 Å². The van der Waals surface area contributed by atoms with Crippen molar-refractivity contribution in [3.8, 4) is 0 Å². The summed E-state index contributed by atoms with van der Waals surface area (Å²) in [4.78, 5) is 11.2. The molecule has 5 nitrogen and oxygen atoms in total. The molecule has 1 aliphatic heterocycles. The standard InChI is InChI=1S/C13H15F2NO4S/c1-20-13(17)9-3-2-6-16(8-9)21(18,19)10-4-5-11(14)12(15)7-10/h4-5,7,9H,2-3,6,8H2,1H3/t9-/m0/s1. The molecule has 1 heterocycles. The van der Waals surface area contributed by atoms with Crippen molar-refractivity contribution in [3.63, 3.8) is 0 Å². The Morgan fingerprint density at radius 3 is 2.67 bits per heavy atom. The Morgan fingerprint density at radius 1 is 1.33 bits per heavy atom. The van der Waals surface area contributed by atoms with Crippen LogP contribution in [0.5, 0.6) is 0 Å². The first-order valence-electron chi connectivity index (χ1n) is 6.39. The molecular formula is C13H15F2NO4S. The maximum Gasteiger partial charge on any atom is 0.309 e. The van der Waals surface area contributed by atoms with Crippen LogP contribution in [0.4, 0.5) is 8.78 Å². The average molecular weight is 319 g/mol. The van der Waals surface area contributed by atoms with Crippen molar-refractivity contribution in [2.75, 3.05) is 20.2 Å². The molecule has 1 saturated heterocycles. The summed E-state index contributed by atoms with van der Waals surface area (Å²) in [7, 11) is -2.72. The van der Waals surface area contributed by atoms with E-state index in [4.69, 9.17) is 0 Å². The molecule has 0 saturated carbocycles. The van der Waals surface area contributed by atoms with Gasteiger partial charge in [0.25, 0.3) is 0 Å². The number of piperidine rings is 1. The molecule has 0 unspecified atom stereocenters. The van der Waals surface area contributed by atoms with E-state index in [0.717, 1.165) is 16.4 Å². The quantitative estimate of drug-likeness (QED) is 0.793. The second kappa shape index (κ2) is 6.07. The molecule has 116 valence electrons. The molecule has 0 bridgehead atoms. The lowest BCUT2D eigenvalue weighted by Gasteiger charge is -2.30. The van der Waals surface area contributed by atoms with Gasteiger partial charge in [-0.25, -0.2) is 17.2 Å². The maximum absolute atomic E-state index is 13.2. The number of carbonyl (C=O) groups is 1. The molecule has 1 aromatic rings.